The van der Waals surface area contributed by atoms with Crippen molar-refractivity contribution in [2.75, 3.05) is 11.9 Å². The van der Waals surface area contributed by atoms with Crippen LogP contribution in [0.1, 0.15) is 5.56 Å². The molecule has 1 N–H and O–H groups in total. The van der Waals surface area contributed by atoms with Gasteiger partial charge >= 0.3 is 5.97 Å². The van der Waals surface area contributed by atoms with Gasteiger partial charge < -0.3 is 10.0 Å². The maximum atomic E-state index is 11.5. The molecule has 2 aromatic carbocycles. The number of para-hydroxylation sites is 1. The van der Waals surface area contributed by atoms with E-state index in [-0.39, 0.29) is 0 Å². The van der Waals surface area contributed by atoms with Gasteiger partial charge in [-0.2, -0.15) is 0 Å². The second-order valence-electron chi connectivity index (χ2n) is 4.49. The predicted molar refractivity (Wildman–Crippen MR) is 76.4 cm³/mol. The van der Waals surface area contributed by atoms with E-state index in [1.54, 1.807) is 4.90 Å². The fourth-order valence-corrected chi connectivity index (χ4v) is 2.07. The zero-order chi connectivity index (χ0) is 13.7. The van der Waals surface area contributed by atoms with Crippen LogP contribution in [0.5, 0.6) is 0 Å². The number of carbonyl (C=O) groups is 1. The van der Waals surface area contributed by atoms with Gasteiger partial charge in [-0.1, -0.05) is 48.5 Å². The monoisotopic (exact) mass is 255 g/mol. The Morgan fingerprint density at radius 2 is 1.58 bits per heavy atom. The molecule has 0 heterocycles. The fourth-order valence-electron chi connectivity index (χ4n) is 2.07. The van der Waals surface area contributed by atoms with Gasteiger partial charge in [0.05, 0.1) is 0 Å². The van der Waals surface area contributed by atoms with E-state index in [1.807, 2.05) is 67.7 Å². The standard InChI is InChI=1S/C16H17NO2/c1-17(14-10-6-3-7-11-14)15(16(18)19)12-13-8-4-2-5-9-13/h2-11,15H,12H2,1H3,(H,18,19). The van der Waals surface area contributed by atoms with Crippen LogP contribution in [0.4, 0.5) is 5.69 Å². The van der Waals surface area contributed by atoms with Gasteiger partial charge in [0.15, 0.2) is 0 Å². The third kappa shape index (κ3) is 3.35. The Balaban J connectivity index is 2.19. The third-order valence-electron chi connectivity index (χ3n) is 3.19. The first-order valence-electron chi connectivity index (χ1n) is 6.23. The first-order valence-corrected chi connectivity index (χ1v) is 6.23. The predicted octanol–water partition coefficient (Wildman–Crippen LogP) is 2.82. The summed E-state index contributed by atoms with van der Waals surface area (Å²) in [6.45, 7) is 0. The highest BCUT2D eigenvalue weighted by Crippen LogP contribution is 2.17. The molecule has 0 radical (unpaired) electrons. The lowest BCUT2D eigenvalue weighted by atomic mass is 10.0. The number of hydrogen-bond acceptors (Lipinski definition) is 2. The van der Waals surface area contributed by atoms with Crippen LogP contribution in [0, 0.1) is 0 Å². The van der Waals surface area contributed by atoms with Gasteiger partial charge in [-0.3, -0.25) is 0 Å². The Kier molecular flexibility index (Phi) is 4.18. The largest absolute Gasteiger partial charge is 0.480 e. The summed E-state index contributed by atoms with van der Waals surface area (Å²) in [5, 5.41) is 9.42. The third-order valence-corrected chi connectivity index (χ3v) is 3.19. The van der Waals surface area contributed by atoms with Gasteiger partial charge in [0, 0.05) is 19.2 Å². The lowest BCUT2D eigenvalue weighted by Crippen LogP contribution is -2.40. The first kappa shape index (κ1) is 13.1. The van der Waals surface area contributed by atoms with Crippen LogP contribution in [0.25, 0.3) is 0 Å². The molecule has 1 unspecified atom stereocenters. The maximum Gasteiger partial charge on any atom is 0.326 e. The molecule has 2 rings (SSSR count). The van der Waals surface area contributed by atoms with E-state index < -0.39 is 12.0 Å². The average Bonchev–Trinajstić information content (AvgIpc) is 2.46. The second kappa shape index (κ2) is 6.05. The van der Waals surface area contributed by atoms with Crippen LogP contribution in [0.15, 0.2) is 60.7 Å². The van der Waals surface area contributed by atoms with Crippen molar-refractivity contribution in [3.63, 3.8) is 0 Å². The highest BCUT2D eigenvalue weighted by molar-refractivity contribution is 5.78. The van der Waals surface area contributed by atoms with Crippen LogP contribution in [0.2, 0.25) is 0 Å². The summed E-state index contributed by atoms with van der Waals surface area (Å²) in [5.41, 5.74) is 1.93. The van der Waals surface area contributed by atoms with E-state index in [9.17, 15) is 9.90 Å². The molecular formula is C16H17NO2. The molecule has 3 nitrogen and oxygen atoms in total. The number of anilines is 1. The van der Waals surface area contributed by atoms with E-state index in [2.05, 4.69) is 0 Å². The minimum Gasteiger partial charge on any atom is -0.480 e. The molecule has 0 amide bonds. The van der Waals surface area contributed by atoms with Crippen molar-refractivity contribution in [1.82, 2.24) is 0 Å². The molecule has 0 aliphatic rings. The topological polar surface area (TPSA) is 40.5 Å². The van der Waals surface area contributed by atoms with Gasteiger partial charge in [-0.25, -0.2) is 4.79 Å². The number of nitrogens with zero attached hydrogens (tertiary/aromatic N) is 1. The number of carboxylic acids is 1. The molecule has 0 spiro atoms. The summed E-state index contributed by atoms with van der Waals surface area (Å²) >= 11 is 0. The zero-order valence-corrected chi connectivity index (χ0v) is 10.9. The summed E-state index contributed by atoms with van der Waals surface area (Å²) in [6, 6.07) is 18.7. The first-order chi connectivity index (χ1) is 9.18. The number of benzene rings is 2. The molecule has 0 saturated heterocycles. The molecule has 1 atom stereocenters. The van der Waals surface area contributed by atoms with Gasteiger partial charge in [-0.05, 0) is 17.7 Å². The Labute approximate surface area is 113 Å². The van der Waals surface area contributed by atoms with E-state index in [0.717, 1.165) is 11.3 Å². The molecule has 0 aromatic heterocycles. The van der Waals surface area contributed by atoms with Crippen LogP contribution >= 0.6 is 0 Å². The second-order valence-corrected chi connectivity index (χ2v) is 4.49. The lowest BCUT2D eigenvalue weighted by Gasteiger charge is -2.26. The smallest absolute Gasteiger partial charge is 0.326 e. The van der Waals surface area contributed by atoms with Gasteiger partial charge in [0.1, 0.15) is 6.04 Å². The quantitative estimate of drug-likeness (QED) is 0.893. The summed E-state index contributed by atoms with van der Waals surface area (Å²) in [5.74, 6) is -0.810. The Hall–Kier alpha value is -2.29. The molecule has 0 saturated carbocycles. The van der Waals surface area contributed by atoms with Crippen molar-refractivity contribution in [2.45, 2.75) is 12.5 Å². The molecule has 0 bridgehead atoms. The molecule has 0 aliphatic heterocycles. The van der Waals surface area contributed by atoms with Crippen LogP contribution < -0.4 is 4.90 Å². The number of likely N-dealkylation sites (N-methyl/N-ethyl adjacent to an activating group) is 1. The van der Waals surface area contributed by atoms with Crippen molar-refractivity contribution < 1.29 is 9.90 Å². The SMILES string of the molecule is CN(c1ccccc1)C(Cc1ccccc1)C(=O)O. The van der Waals surface area contributed by atoms with Gasteiger partial charge in [-0.15, -0.1) is 0 Å². The van der Waals surface area contributed by atoms with Gasteiger partial charge in [0.25, 0.3) is 0 Å². The highest BCUT2D eigenvalue weighted by atomic mass is 16.4. The van der Waals surface area contributed by atoms with E-state index in [1.165, 1.54) is 0 Å². The Morgan fingerprint density at radius 3 is 2.11 bits per heavy atom. The lowest BCUT2D eigenvalue weighted by molar-refractivity contribution is -0.138. The van der Waals surface area contributed by atoms with Crippen LogP contribution in [-0.2, 0) is 11.2 Å². The summed E-state index contributed by atoms with van der Waals surface area (Å²) < 4.78 is 0. The summed E-state index contributed by atoms with van der Waals surface area (Å²) in [7, 11) is 1.82. The number of carboxylic acid groups (broad SMARTS) is 1. The number of rotatable bonds is 5. The van der Waals surface area contributed by atoms with E-state index in [0.29, 0.717) is 6.42 Å². The zero-order valence-electron chi connectivity index (χ0n) is 10.9. The minimum absolute atomic E-state index is 0.488. The normalized spacial score (nSPS) is 11.8. The molecule has 3 heteroatoms. The Morgan fingerprint density at radius 1 is 1.05 bits per heavy atom. The van der Waals surface area contributed by atoms with Crippen molar-refractivity contribution in [3.05, 3.63) is 66.2 Å². The molecule has 98 valence electrons. The summed E-state index contributed by atoms with van der Waals surface area (Å²) in [4.78, 5) is 13.3. The van der Waals surface area contributed by atoms with E-state index >= 15 is 0 Å². The number of aliphatic carboxylic acids is 1. The Bertz CT molecular complexity index is 525. The summed E-state index contributed by atoms with van der Waals surface area (Å²) in [6.07, 6.45) is 0.488. The van der Waals surface area contributed by atoms with Crippen molar-refractivity contribution in [1.29, 1.82) is 0 Å². The molecule has 19 heavy (non-hydrogen) atoms. The van der Waals surface area contributed by atoms with Crippen LogP contribution in [-0.4, -0.2) is 24.2 Å². The van der Waals surface area contributed by atoms with Crippen molar-refractivity contribution in [3.8, 4) is 0 Å². The van der Waals surface area contributed by atoms with Crippen molar-refractivity contribution in [2.24, 2.45) is 0 Å². The highest BCUT2D eigenvalue weighted by Gasteiger charge is 2.23. The molecule has 0 fully saturated rings. The van der Waals surface area contributed by atoms with Crippen LogP contribution in [0.3, 0.4) is 0 Å². The maximum absolute atomic E-state index is 11.5. The minimum atomic E-state index is -0.810. The fraction of sp³-hybridized carbons (Fsp3) is 0.188. The molecule has 0 aliphatic carbocycles. The molecular weight excluding hydrogens is 238 g/mol. The van der Waals surface area contributed by atoms with Gasteiger partial charge in [0.2, 0.25) is 0 Å². The average molecular weight is 255 g/mol. The van der Waals surface area contributed by atoms with E-state index in [4.69, 9.17) is 0 Å². The molecule has 2 aromatic rings. The number of hydrogen-bond donors (Lipinski definition) is 1. The van der Waals surface area contributed by atoms with Crippen molar-refractivity contribution >= 4 is 11.7 Å².